The van der Waals surface area contributed by atoms with Crippen LogP contribution in [0.15, 0.2) is 45.8 Å². The molecule has 0 saturated heterocycles. The molecule has 2 nitrogen and oxygen atoms in total. The first-order valence-corrected chi connectivity index (χ1v) is 8.46. The molecule has 1 heterocycles. The van der Waals surface area contributed by atoms with Gasteiger partial charge in [-0.15, -0.1) is 0 Å². The Kier molecular flexibility index (Phi) is 9.72. The van der Waals surface area contributed by atoms with Crippen LogP contribution in [0.1, 0.15) is 53.9 Å². The molecular weight excluding hydrogens is 280 g/mol. The lowest BCUT2D eigenvalue weighted by Crippen LogP contribution is -2.17. The minimum atomic E-state index is -0.144. The van der Waals surface area contributed by atoms with Crippen LogP contribution in [0.3, 0.4) is 0 Å². The summed E-state index contributed by atoms with van der Waals surface area (Å²) in [7, 11) is 0. The summed E-state index contributed by atoms with van der Waals surface area (Å²) in [4.78, 5) is 26.1. The number of Topliss-reactive ketones (excluding diaryl/α,β-unsaturated/α-hetero) is 2. The van der Waals surface area contributed by atoms with Crippen molar-refractivity contribution in [2.45, 2.75) is 53.9 Å². The summed E-state index contributed by atoms with van der Waals surface area (Å²) in [5, 5.41) is 0. The van der Waals surface area contributed by atoms with Crippen LogP contribution in [0.4, 0.5) is 0 Å². The summed E-state index contributed by atoms with van der Waals surface area (Å²) >= 11 is 1.59. The third kappa shape index (κ3) is 5.50. The average Bonchev–Trinajstić information content (AvgIpc) is 3.25. The Labute approximate surface area is 133 Å². The number of hydrogen-bond acceptors (Lipinski definition) is 3. The van der Waals surface area contributed by atoms with E-state index in [4.69, 9.17) is 0 Å². The molecule has 3 heteroatoms. The zero-order valence-electron chi connectivity index (χ0n) is 13.8. The van der Waals surface area contributed by atoms with Crippen LogP contribution in [0.25, 0.3) is 0 Å². The second kappa shape index (κ2) is 10.4. The Morgan fingerprint density at radius 2 is 1.86 bits per heavy atom. The molecule has 0 atom stereocenters. The van der Waals surface area contributed by atoms with Crippen molar-refractivity contribution >= 4 is 23.3 Å². The van der Waals surface area contributed by atoms with E-state index in [1.807, 2.05) is 34.6 Å². The molecular formula is C18H26O2S. The molecule has 2 rings (SSSR count). The Bertz CT molecular complexity index is 493. The Morgan fingerprint density at radius 1 is 1.29 bits per heavy atom. The monoisotopic (exact) mass is 306 g/mol. The molecule has 2 aliphatic rings. The first-order valence-electron chi connectivity index (χ1n) is 7.65. The van der Waals surface area contributed by atoms with Crippen LogP contribution in [0, 0.1) is 0 Å². The van der Waals surface area contributed by atoms with E-state index >= 15 is 0 Å². The average molecular weight is 306 g/mol. The molecule has 0 spiro atoms. The van der Waals surface area contributed by atoms with Crippen molar-refractivity contribution in [2.24, 2.45) is 0 Å². The third-order valence-electron chi connectivity index (χ3n) is 2.81. The summed E-state index contributed by atoms with van der Waals surface area (Å²) in [6.07, 6.45) is 7.23. The van der Waals surface area contributed by atoms with Gasteiger partial charge < -0.3 is 0 Å². The predicted molar refractivity (Wildman–Crippen MR) is 93.2 cm³/mol. The predicted octanol–water partition coefficient (Wildman–Crippen LogP) is 5.38. The summed E-state index contributed by atoms with van der Waals surface area (Å²) < 4.78 is 0. The topological polar surface area (TPSA) is 34.1 Å². The van der Waals surface area contributed by atoms with E-state index in [2.05, 4.69) is 6.58 Å². The molecule has 0 unspecified atom stereocenters. The molecule has 0 bridgehead atoms. The molecule has 0 aromatic rings. The summed E-state index contributed by atoms with van der Waals surface area (Å²) in [5.74, 6) is -0.172. The fourth-order valence-corrected chi connectivity index (χ4v) is 2.50. The summed E-state index contributed by atoms with van der Waals surface area (Å²) in [6.45, 7) is 13.6. The van der Waals surface area contributed by atoms with E-state index in [0.717, 1.165) is 22.7 Å². The van der Waals surface area contributed by atoms with E-state index in [9.17, 15) is 9.59 Å². The van der Waals surface area contributed by atoms with Crippen LogP contribution in [0.2, 0.25) is 0 Å². The number of rotatable bonds is 4. The largest absolute Gasteiger partial charge is 0.294 e. The maximum atomic E-state index is 12.3. The lowest BCUT2D eigenvalue weighted by Gasteiger charge is -2.10. The van der Waals surface area contributed by atoms with Gasteiger partial charge in [0.2, 0.25) is 0 Å². The molecule has 0 amide bonds. The zero-order chi connectivity index (χ0) is 16.4. The minimum Gasteiger partial charge on any atom is -0.294 e. The van der Waals surface area contributed by atoms with E-state index in [0.29, 0.717) is 17.6 Å². The van der Waals surface area contributed by atoms with Gasteiger partial charge in [0.15, 0.2) is 11.6 Å². The smallest absolute Gasteiger partial charge is 0.197 e. The van der Waals surface area contributed by atoms with Gasteiger partial charge in [-0.25, -0.2) is 0 Å². The standard InChI is InChI=1S/C14H14O2S.2C2H6/c1-3-6-11(14-9(2)17-14)13(16)10-7-4-5-8-12(10)15;2*1-2/h3,6-7H,1,4-5,8H2,2H3;2*1-2H3/b11-6-;;. The van der Waals surface area contributed by atoms with Crippen molar-refractivity contribution in [1.29, 1.82) is 0 Å². The highest BCUT2D eigenvalue weighted by Gasteiger charge is 2.31. The summed E-state index contributed by atoms with van der Waals surface area (Å²) in [6, 6.07) is 0. The van der Waals surface area contributed by atoms with E-state index in [-0.39, 0.29) is 11.6 Å². The van der Waals surface area contributed by atoms with Crippen molar-refractivity contribution in [2.75, 3.05) is 0 Å². The molecule has 1 aliphatic heterocycles. The second-order valence-corrected chi connectivity index (χ2v) is 5.29. The number of allylic oxidation sites excluding steroid dienone is 6. The van der Waals surface area contributed by atoms with Gasteiger partial charge in [-0.05, 0) is 19.8 Å². The molecule has 1 aliphatic carbocycles. The lowest BCUT2D eigenvalue weighted by molar-refractivity contribution is -0.120. The van der Waals surface area contributed by atoms with Crippen molar-refractivity contribution in [1.82, 2.24) is 0 Å². The molecule has 0 aromatic carbocycles. The fourth-order valence-electron chi connectivity index (χ4n) is 1.87. The normalized spacial score (nSPS) is 16.9. The molecule has 21 heavy (non-hydrogen) atoms. The Balaban J connectivity index is 0.000000921. The number of hydrogen-bond donors (Lipinski definition) is 0. The lowest BCUT2D eigenvalue weighted by atomic mass is 9.91. The molecule has 116 valence electrons. The minimum absolute atomic E-state index is 0.0277. The number of thioether (sulfide) groups is 1. The van der Waals surface area contributed by atoms with E-state index < -0.39 is 0 Å². The maximum Gasteiger partial charge on any atom is 0.197 e. The van der Waals surface area contributed by atoms with E-state index in [1.54, 1.807) is 30.0 Å². The zero-order valence-corrected chi connectivity index (χ0v) is 14.6. The van der Waals surface area contributed by atoms with Crippen molar-refractivity contribution in [3.8, 4) is 0 Å². The van der Waals surface area contributed by atoms with Gasteiger partial charge >= 0.3 is 0 Å². The summed E-state index contributed by atoms with van der Waals surface area (Å²) in [5.41, 5.74) is 0.973. The first-order chi connectivity index (χ1) is 10.1. The van der Waals surface area contributed by atoms with Crippen molar-refractivity contribution in [3.05, 3.63) is 45.8 Å². The van der Waals surface area contributed by atoms with Crippen LogP contribution < -0.4 is 0 Å². The first kappa shape index (κ1) is 19.7. The Hall–Kier alpha value is -1.35. The van der Waals surface area contributed by atoms with Crippen LogP contribution in [-0.2, 0) is 9.59 Å². The van der Waals surface area contributed by atoms with Gasteiger partial charge in [-0.1, -0.05) is 64.3 Å². The van der Waals surface area contributed by atoms with E-state index in [1.165, 1.54) is 0 Å². The molecule has 0 fully saturated rings. The number of carbonyl (C=O) groups is 2. The SMILES string of the molecule is C=C/C=C(/C(=O)C1=CCCCC1=O)C1=C(C)S1.CC.CC. The highest BCUT2D eigenvalue weighted by Crippen LogP contribution is 2.49. The van der Waals surface area contributed by atoms with Crippen LogP contribution in [-0.4, -0.2) is 11.6 Å². The maximum absolute atomic E-state index is 12.3. The van der Waals surface area contributed by atoms with Gasteiger partial charge in [0, 0.05) is 21.8 Å². The van der Waals surface area contributed by atoms with Crippen LogP contribution in [0.5, 0.6) is 0 Å². The highest BCUT2D eigenvalue weighted by molar-refractivity contribution is 8.13. The number of ketones is 2. The van der Waals surface area contributed by atoms with Gasteiger partial charge in [-0.3, -0.25) is 9.59 Å². The molecule has 0 aromatic heterocycles. The van der Waals surface area contributed by atoms with Gasteiger partial charge in [0.1, 0.15) is 0 Å². The fraction of sp³-hybridized carbons (Fsp3) is 0.444. The van der Waals surface area contributed by atoms with Crippen LogP contribution >= 0.6 is 11.8 Å². The van der Waals surface area contributed by atoms with Gasteiger partial charge in [-0.2, -0.15) is 0 Å². The second-order valence-electron chi connectivity index (χ2n) is 4.07. The van der Waals surface area contributed by atoms with Crippen molar-refractivity contribution < 1.29 is 9.59 Å². The molecule has 0 radical (unpaired) electrons. The van der Waals surface area contributed by atoms with Crippen molar-refractivity contribution in [3.63, 3.8) is 0 Å². The Morgan fingerprint density at radius 3 is 2.29 bits per heavy atom. The van der Waals surface area contributed by atoms with Gasteiger partial charge in [0.25, 0.3) is 0 Å². The number of carbonyl (C=O) groups excluding carboxylic acids is 2. The molecule has 0 saturated carbocycles. The quantitative estimate of drug-likeness (QED) is 0.397. The molecule has 0 N–H and O–H groups in total. The van der Waals surface area contributed by atoms with Gasteiger partial charge in [0.05, 0.1) is 5.57 Å². The third-order valence-corrected chi connectivity index (χ3v) is 3.84. The highest BCUT2D eigenvalue weighted by atomic mass is 32.2.